The summed E-state index contributed by atoms with van der Waals surface area (Å²) >= 11 is 0. The maximum atomic E-state index is 12.5. The first-order chi connectivity index (χ1) is 13.4. The van der Waals surface area contributed by atoms with Gasteiger partial charge in [-0.3, -0.25) is 9.36 Å². The van der Waals surface area contributed by atoms with Crippen LogP contribution in [-0.4, -0.2) is 22.7 Å². The van der Waals surface area contributed by atoms with E-state index in [1.165, 1.54) is 0 Å². The molecule has 0 aliphatic carbocycles. The van der Waals surface area contributed by atoms with Crippen LogP contribution in [0.5, 0.6) is 5.75 Å². The zero-order chi connectivity index (χ0) is 20.3. The predicted molar refractivity (Wildman–Crippen MR) is 105 cm³/mol. The second-order valence-electron chi connectivity index (χ2n) is 6.31. The van der Waals surface area contributed by atoms with Crippen LogP contribution in [0.3, 0.4) is 0 Å². The molecule has 3 aromatic rings. The third kappa shape index (κ3) is 3.81. The van der Waals surface area contributed by atoms with Crippen LogP contribution in [0.15, 0.2) is 46.5 Å². The van der Waals surface area contributed by atoms with Crippen molar-refractivity contribution in [3.8, 4) is 17.6 Å². The van der Waals surface area contributed by atoms with E-state index in [-0.39, 0.29) is 5.57 Å². The Hall–Kier alpha value is -3.79. The fourth-order valence-electron chi connectivity index (χ4n) is 2.92. The number of carbonyl (C=O) groups is 1. The molecule has 1 amide bonds. The lowest BCUT2D eigenvalue weighted by Gasteiger charge is -2.06. The second-order valence-corrected chi connectivity index (χ2v) is 6.31. The summed E-state index contributed by atoms with van der Waals surface area (Å²) in [5.41, 5.74) is 3.13. The Morgan fingerprint density at radius 1 is 1.25 bits per heavy atom. The summed E-state index contributed by atoms with van der Waals surface area (Å²) in [5, 5.41) is 16.2. The first-order valence-electron chi connectivity index (χ1n) is 8.62. The predicted octanol–water partition coefficient (Wildman–Crippen LogP) is 3.94. The number of nitriles is 1. The largest absolute Gasteiger partial charge is 0.497 e. The third-order valence-corrected chi connectivity index (χ3v) is 4.33. The molecule has 1 aromatic carbocycles. The lowest BCUT2D eigenvalue weighted by atomic mass is 10.1. The van der Waals surface area contributed by atoms with E-state index in [2.05, 4.69) is 10.5 Å². The molecule has 7 nitrogen and oxygen atoms in total. The number of nitrogens with one attached hydrogen (secondary N) is 1. The van der Waals surface area contributed by atoms with Crippen molar-refractivity contribution in [2.24, 2.45) is 0 Å². The van der Waals surface area contributed by atoms with Crippen molar-refractivity contribution in [3.05, 3.63) is 64.7 Å². The van der Waals surface area contributed by atoms with Gasteiger partial charge in [0.25, 0.3) is 5.91 Å². The highest BCUT2D eigenvalue weighted by molar-refractivity contribution is 6.09. The maximum Gasteiger partial charge on any atom is 0.266 e. The van der Waals surface area contributed by atoms with E-state index in [1.54, 1.807) is 37.5 Å². The number of methoxy groups -OCH3 is 1. The van der Waals surface area contributed by atoms with Gasteiger partial charge in [-0.05, 0) is 62.7 Å². The normalized spacial score (nSPS) is 11.2. The van der Waals surface area contributed by atoms with Crippen molar-refractivity contribution in [3.63, 3.8) is 0 Å². The van der Waals surface area contributed by atoms with Gasteiger partial charge in [0.2, 0.25) is 0 Å². The van der Waals surface area contributed by atoms with Crippen LogP contribution in [-0.2, 0) is 4.79 Å². The minimum Gasteiger partial charge on any atom is -0.497 e. The standard InChI is InChI=1S/C21H20N4O3/c1-13-9-16(15(3)25(13)20-10-14(2)28-24-20)11-17(12-22)21(26)23-18-5-7-19(27-4)8-6-18/h5-11H,1-4H3,(H,23,26)/b17-11+. The van der Waals surface area contributed by atoms with Crippen LogP contribution in [0.1, 0.15) is 22.7 Å². The minimum atomic E-state index is -0.477. The molecule has 28 heavy (non-hydrogen) atoms. The Kier molecular flexibility index (Phi) is 5.32. The summed E-state index contributed by atoms with van der Waals surface area (Å²) in [4.78, 5) is 12.5. The van der Waals surface area contributed by atoms with Crippen LogP contribution >= 0.6 is 0 Å². The zero-order valence-corrected chi connectivity index (χ0v) is 16.1. The molecular weight excluding hydrogens is 356 g/mol. The number of amides is 1. The molecule has 0 aliphatic heterocycles. The van der Waals surface area contributed by atoms with Crippen LogP contribution in [0.4, 0.5) is 5.69 Å². The maximum absolute atomic E-state index is 12.5. The van der Waals surface area contributed by atoms with Crippen LogP contribution in [0, 0.1) is 32.1 Å². The number of hydrogen-bond donors (Lipinski definition) is 1. The zero-order valence-electron chi connectivity index (χ0n) is 16.1. The average Bonchev–Trinajstić information content (AvgIpc) is 3.22. The highest BCUT2D eigenvalue weighted by Gasteiger charge is 2.15. The number of carbonyl (C=O) groups excluding carboxylic acids is 1. The Labute approximate surface area is 162 Å². The van der Waals surface area contributed by atoms with Gasteiger partial charge in [0.05, 0.1) is 7.11 Å². The molecule has 0 radical (unpaired) electrons. The fraction of sp³-hybridized carbons (Fsp3) is 0.190. The molecule has 7 heteroatoms. The highest BCUT2D eigenvalue weighted by atomic mass is 16.5. The van der Waals surface area contributed by atoms with Crippen molar-refractivity contribution in [1.29, 1.82) is 5.26 Å². The monoisotopic (exact) mass is 376 g/mol. The van der Waals surface area contributed by atoms with Gasteiger partial charge < -0.3 is 14.6 Å². The van der Waals surface area contributed by atoms with Crippen molar-refractivity contribution in [2.75, 3.05) is 12.4 Å². The van der Waals surface area contributed by atoms with Crippen LogP contribution in [0.25, 0.3) is 11.9 Å². The topological polar surface area (TPSA) is 93.1 Å². The number of ether oxygens (including phenoxy) is 1. The molecule has 3 rings (SSSR count). The van der Waals surface area contributed by atoms with E-state index in [0.29, 0.717) is 23.0 Å². The van der Waals surface area contributed by atoms with Crippen LogP contribution < -0.4 is 10.1 Å². The molecule has 2 heterocycles. The molecule has 0 spiro atoms. The van der Waals surface area contributed by atoms with Crippen molar-refractivity contribution in [2.45, 2.75) is 20.8 Å². The summed E-state index contributed by atoms with van der Waals surface area (Å²) in [5.74, 6) is 1.57. The van der Waals surface area contributed by atoms with Gasteiger partial charge in [0, 0.05) is 23.1 Å². The molecule has 2 aromatic heterocycles. The molecule has 142 valence electrons. The Bertz CT molecular complexity index is 1080. The smallest absolute Gasteiger partial charge is 0.266 e. The molecule has 0 aliphatic rings. The van der Waals surface area contributed by atoms with Gasteiger partial charge in [-0.15, -0.1) is 0 Å². The van der Waals surface area contributed by atoms with Gasteiger partial charge >= 0.3 is 0 Å². The summed E-state index contributed by atoms with van der Waals surface area (Å²) in [7, 11) is 1.57. The highest BCUT2D eigenvalue weighted by Crippen LogP contribution is 2.23. The molecule has 0 saturated carbocycles. The number of aromatic nitrogens is 2. The van der Waals surface area contributed by atoms with E-state index in [4.69, 9.17) is 9.26 Å². The number of nitrogens with zero attached hydrogens (tertiary/aromatic N) is 3. The number of anilines is 1. The average molecular weight is 376 g/mol. The number of rotatable bonds is 5. The van der Waals surface area contributed by atoms with Gasteiger partial charge in [0.15, 0.2) is 5.82 Å². The first-order valence-corrected chi connectivity index (χ1v) is 8.62. The molecular formula is C21H20N4O3. The molecule has 0 atom stereocenters. The molecule has 0 fully saturated rings. The third-order valence-electron chi connectivity index (χ3n) is 4.33. The van der Waals surface area contributed by atoms with Gasteiger partial charge in [0.1, 0.15) is 23.2 Å². The quantitative estimate of drug-likeness (QED) is 0.538. The second kappa shape index (κ2) is 7.84. The summed E-state index contributed by atoms with van der Waals surface area (Å²) < 4.78 is 12.2. The summed E-state index contributed by atoms with van der Waals surface area (Å²) in [6.07, 6.45) is 1.57. The molecule has 0 unspecified atom stereocenters. The van der Waals surface area contributed by atoms with Crippen LogP contribution in [0.2, 0.25) is 0 Å². The SMILES string of the molecule is COc1ccc(NC(=O)/C(C#N)=C/c2cc(C)n(-c3cc(C)on3)c2C)cc1. The van der Waals surface area contributed by atoms with Crippen molar-refractivity contribution in [1.82, 2.24) is 9.72 Å². The lowest BCUT2D eigenvalue weighted by Crippen LogP contribution is -2.13. The van der Waals surface area contributed by atoms with E-state index >= 15 is 0 Å². The summed E-state index contributed by atoms with van der Waals surface area (Å²) in [6, 6.07) is 12.6. The summed E-state index contributed by atoms with van der Waals surface area (Å²) in [6.45, 7) is 5.65. The lowest BCUT2D eigenvalue weighted by molar-refractivity contribution is -0.112. The molecule has 1 N–H and O–H groups in total. The number of benzene rings is 1. The fourth-order valence-corrected chi connectivity index (χ4v) is 2.92. The van der Waals surface area contributed by atoms with Gasteiger partial charge in [-0.2, -0.15) is 5.26 Å². The van der Waals surface area contributed by atoms with Gasteiger partial charge in [-0.1, -0.05) is 5.16 Å². The van der Waals surface area contributed by atoms with E-state index < -0.39 is 5.91 Å². The Morgan fingerprint density at radius 3 is 2.54 bits per heavy atom. The Morgan fingerprint density at radius 2 is 1.96 bits per heavy atom. The van der Waals surface area contributed by atoms with Gasteiger partial charge in [-0.25, -0.2) is 0 Å². The van der Waals surface area contributed by atoms with E-state index in [9.17, 15) is 10.1 Å². The van der Waals surface area contributed by atoms with Crippen molar-refractivity contribution >= 4 is 17.7 Å². The molecule has 0 bridgehead atoms. The molecule has 0 saturated heterocycles. The van der Waals surface area contributed by atoms with E-state index in [1.807, 2.05) is 43.5 Å². The van der Waals surface area contributed by atoms with E-state index in [0.717, 1.165) is 17.0 Å². The minimum absolute atomic E-state index is 0.00685. The number of hydrogen-bond acceptors (Lipinski definition) is 5. The Balaban J connectivity index is 1.88. The number of aryl methyl sites for hydroxylation is 2. The van der Waals surface area contributed by atoms with Crippen molar-refractivity contribution < 1.29 is 14.1 Å². The first kappa shape index (κ1) is 19.0.